The number of hydrogen-bond acceptors (Lipinski definition) is 6. The van der Waals surface area contributed by atoms with Gasteiger partial charge in [-0.2, -0.15) is 15.8 Å². The first kappa shape index (κ1) is 16.5. The number of fused-ring (bicyclic) bond motifs is 1. The van der Waals surface area contributed by atoms with Crippen LogP contribution in [0.15, 0.2) is 22.4 Å². The van der Waals surface area contributed by atoms with Crippen LogP contribution in [0.5, 0.6) is 0 Å². The van der Waals surface area contributed by atoms with Crippen LogP contribution < -0.4 is 5.73 Å². The Balaban J connectivity index is 2.28. The Morgan fingerprint density at radius 2 is 1.58 bits per heavy atom. The number of hydrogen-bond donors (Lipinski definition) is 1. The largest absolute Gasteiger partial charge is 0.399 e. The van der Waals surface area contributed by atoms with Crippen molar-refractivity contribution in [1.29, 1.82) is 15.8 Å². The van der Waals surface area contributed by atoms with Gasteiger partial charge in [-0.05, 0) is 57.6 Å². The van der Waals surface area contributed by atoms with Crippen LogP contribution in [0.1, 0.15) is 19.3 Å². The molecule has 1 fully saturated rings. The van der Waals surface area contributed by atoms with Crippen LogP contribution in [-0.4, -0.2) is 50.1 Å². The molecule has 1 aliphatic carbocycles. The molecule has 24 heavy (non-hydrogen) atoms. The summed E-state index contributed by atoms with van der Waals surface area (Å²) in [4.78, 5) is 4.45. The molecule has 0 aromatic rings. The molecule has 3 rings (SSSR count). The van der Waals surface area contributed by atoms with Gasteiger partial charge in [-0.3, -0.25) is 0 Å². The Kier molecular flexibility index (Phi) is 3.88. The van der Waals surface area contributed by atoms with E-state index in [0.717, 1.165) is 43.6 Å². The zero-order valence-electron chi connectivity index (χ0n) is 14.3. The van der Waals surface area contributed by atoms with Gasteiger partial charge in [-0.25, -0.2) is 0 Å². The zero-order valence-corrected chi connectivity index (χ0v) is 14.3. The summed E-state index contributed by atoms with van der Waals surface area (Å²) in [5.41, 5.74) is 7.01. The van der Waals surface area contributed by atoms with Gasteiger partial charge in [0.15, 0.2) is 0 Å². The lowest BCUT2D eigenvalue weighted by molar-refractivity contribution is 0.163. The van der Waals surface area contributed by atoms with Crippen LogP contribution in [-0.2, 0) is 0 Å². The fraction of sp³-hybridized carbons (Fsp3) is 0.611. The van der Waals surface area contributed by atoms with Crippen molar-refractivity contribution in [3.63, 3.8) is 0 Å². The van der Waals surface area contributed by atoms with Crippen molar-refractivity contribution in [3.8, 4) is 18.2 Å². The molecule has 0 saturated carbocycles. The molecule has 0 atom stereocenters. The molecular weight excluding hydrogens is 300 g/mol. The molecule has 6 heteroatoms. The molecule has 0 unspecified atom stereocenters. The van der Waals surface area contributed by atoms with Gasteiger partial charge in [0, 0.05) is 18.5 Å². The molecule has 124 valence electrons. The third kappa shape index (κ3) is 1.99. The van der Waals surface area contributed by atoms with Crippen LogP contribution in [0.25, 0.3) is 0 Å². The predicted molar refractivity (Wildman–Crippen MR) is 88.8 cm³/mol. The van der Waals surface area contributed by atoms with E-state index in [1.165, 1.54) is 0 Å². The van der Waals surface area contributed by atoms with E-state index in [-0.39, 0.29) is 5.70 Å². The first-order valence-electron chi connectivity index (χ1n) is 8.28. The van der Waals surface area contributed by atoms with Crippen LogP contribution in [0.2, 0.25) is 0 Å². The number of nitrogens with two attached hydrogens (primary N) is 1. The Hall–Kier alpha value is -2.33. The molecule has 2 aliphatic heterocycles. The third-order valence-corrected chi connectivity index (χ3v) is 6.01. The lowest BCUT2D eigenvalue weighted by Crippen LogP contribution is -2.50. The van der Waals surface area contributed by atoms with E-state index >= 15 is 0 Å². The van der Waals surface area contributed by atoms with E-state index in [4.69, 9.17) is 5.73 Å². The topological polar surface area (TPSA) is 104 Å². The summed E-state index contributed by atoms with van der Waals surface area (Å²) in [5.74, 6) is 0. The second-order valence-electron chi connectivity index (χ2n) is 7.20. The highest BCUT2D eigenvalue weighted by Crippen LogP contribution is 2.56. The van der Waals surface area contributed by atoms with E-state index in [1.807, 2.05) is 7.05 Å². The highest BCUT2D eigenvalue weighted by atomic mass is 15.1. The molecule has 2 N–H and O–H groups in total. The average molecular weight is 322 g/mol. The first-order valence-corrected chi connectivity index (χ1v) is 8.28. The fourth-order valence-electron chi connectivity index (χ4n) is 4.51. The summed E-state index contributed by atoms with van der Waals surface area (Å²) >= 11 is 0. The standard InChI is InChI=1S/C18H22N6/c1-23-7-4-17(5-8-23)14(9-19)16(22)18(11-20,12-21)13-3-6-24(2)10-15(13)17/h3-8,10,22H2,1-2H3. The third-order valence-electron chi connectivity index (χ3n) is 6.01. The highest BCUT2D eigenvalue weighted by Gasteiger charge is 2.55. The maximum atomic E-state index is 9.87. The highest BCUT2D eigenvalue weighted by molar-refractivity contribution is 5.60. The number of likely N-dealkylation sites (N-methyl/N-ethyl adjacent to an activating group) is 1. The molecular formula is C18H22N6. The summed E-state index contributed by atoms with van der Waals surface area (Å²) in [5, 5.41) is 29.5. The van der Waals surface area contributed by atoms with Crippen molar-refractivity contribution in [1.82, 2.24) is 9.80 Å². The first-order chi connectivity index (χ1) is 11.4. The number of rotatable bonds is 0. The SMILES string of the molecule is CN1CCC2(CC1)C(C#N)=C(N)C(C#N)(C#N)C1=C2CN(C)CC1. The predicted octanol–water partition coefficient (Wildman–Crippen LogP) is 1.11. The van der Waals surface area contributed by atoms with E-state index in [2.05, 4.69) is 35.1 Å². The van der Waals surface area contributed by atoms with Gasteiger partial charge in [0.2, 0.25) is 5.41 Å². The number of likely N-dealkylation sites (tertiary alicyclic amines) is 1. The van der Waals surface area contributed by atoms with Crippen LogP contribution >= 0.6 is 0 Å². The smallest absolute Gasteiger partial charge is 0.204 e. The summed E-state index contributed by atoms with van der Waals surface area (Å²) in [6, 6.07) is 6.57. The maximum Gasteiger partial charge on any atom is 0.204 e. The lowest BCUT2D eigenvalue weighted by atomic mass is 9.56. The van der Waals surface area contributed by atoms with Gasteiger partial charge >= 0.3 is 0 Å². The number of nitriles is 3. The van der Waals surface area contributed by atoms with E-state index in [1.54, 1.807) is 0 Å². The molecule has 6 nitrogen and oxygen atoms in total. The summed E-state index contributed by atoms with van der Waals surface area (Å²) < 4.78 is 0. The van der Waals surface area contributed by atoms with Crippen molar-refractivity contribution in [2.24, 2.45) is 16.6 Å². The van der Waals surface area contributed by atoms with E-state index in [9.17, 15) is 15.8 Å². The molecule has 0 amide bonds. The minimum Gasteiger partial charge on any atom is -0.399 e. The molecule has 3 aliphatic rings. The van der Waals surface area contributed by atoms with E-state index < -0.39 is 10.8 Å². The van der Waals surface area contributed by atoms with Gasteiger partial charge < -0.3 is 15.5 Å². The Bertz CT molecular complexity index is 732. The second-order valence-corrected chi connectivity index (χ2v) is 7.20. The van der Waals surface area contributed by atoms with Gasteiger partial charge in [-0.15, -0.1) is 0 Å². The van der Waals surface area contributed by atoms with Crippen molar-refractivity contribution < 1.29 is 0 Å². The maximum absolute atomic E-state index is 9.87. The summed E-state index contributed by atoms with van der Waals surface area (Å²) in [7, 11) is 4.12. The average Bonchev–Trinajstić information content (AvgIpc) is 2.59. The Morgan fingerprint density at radius 3 is 2.12 bits per heavy atom. The van der Waals surface area contributed by atoms with Crippen LogP contribution in [0, 0.1) is 44.8 Å². The van der Waals surface area contributed by atoms with Crippen molar-refractivity contribution in [2.45, 2.75) is 19.3 Å². The van der Waals surface area contributed by atoms with Crippen molar-refractivity contribution >= 4 is 0 Å². The quantitative estimate of drug-likeness (QED) is 0.670. The summed E-state index contributed by atoms with van der Waals surface area (Å²) in [6.45, 7) is 3.26. The van der Waals surface area contributed by atoms with Crippen molar-refractivity contribution in [3.05, 3.63) is 22.4 Å². The van der Waals surface area contributed by atoms with Gasteiger partial charge in [-0.1, -0.05) is 0 Å². The number of allylic oxidation sites excluding steroid dienone is 2. The minimum absolute atomic E-state index is 0.169. The number of piperidine rings is 1. The lowest BCUT2D eigenvalue weighted by Gasteiger charge is -2.50. The Labute approximate surface area is 143 Å². The fourth-order valence-corrected chi connectivity index (χ4v) is 4.51. The van der Waals surface area contributed by atoms with Gasteiger partial charge in [0.1, 0.15) is 0 Å². The molecule has 0 radical (unpaired) electrons. The molecule has 1 saturated heterocycles. The number of nitrogens with zero attached hydrogens (tertiary/aromatic N) is 5. The van der Waals surface area contributed by atoms with Gasteiger partial charge in [0.25, 0.3) is 0 Å². The zero-order chi connectivity index (χ0) is 17.5. The van der Waals surface area contributed by atoms with Gasteiger partial charge in [0.05, 0.1) is 29.5 Å². The minimum atomic E-state index is -1.48. The van der Waals surface area contributed by atoms with Crippen LogP contribution in [0.4, 0.5) is 0 Å². The summed E-state index contributed by atoms with van der Waals surface area (Å²) in [6.07, 6.45) is 2.28. The normalized spacial score (nSPS) is 26.5. The van der Waals surface area contributed by atoms with Crippen LogP contribution in [0.3, 0.4) is 0 Å². The molecule has 0 aromatic carbocycles. The Morgan fingerprint density at radius 1 is 0.958 bits per heavy atom. The second kappa shape index (κ2) is 5.64. The van der Waals surface area contributed by atoms with Crippen molar-refractivity contribution in [2.75, 3.05) is 40.3 Å². The van der Waals surface area contributed by atoms with E-state index in [0.29, 0.717) is 18.5 Å². The molecule has 2 heterocycles. The molecule has 0 bridgehead atoms. The molecule has 0 aromatic heterocycles. The monoisotopic (exact) mass is 322 g/mol. The molecule has 1 spiro atoms.